The number of rotatable bonds is 2. The van der Waals surface area contributed by atoms with Crippen LogP contribution in [0.4, 0.5) is 8.78 Å². The van der Waals surface area contributed by atoms with Crippen molar-refractivity contribution in [2.24, 2.45) is 0 Å². The van der Waals surface area contributed by atoms with E-state index < -0.39 is 16.8 Å². The minimum Gasteiger partial charge on any atom is -0.477 e. The molecule has 2 aromatic rings. The molecule has 0 amide bonds. The number of thiophene rings is 1. The lowest BCUT2D eigenvalue weighted by molar-refractivity contribution is -0.165. The van der Waals surface area contributed by atoms with Crippen LogP contribution in [0.3, 0.4) is 0 Å². The molecule has 0 unspecified atom stereocenters. The van der Waals surface area contributed by atoms with E-state index in [-0.39, 0.29) is 0 Å². The molecule has 1 heterocycles. The quantitative estimate of drug-likeness (QED) is 0.857. The second-order valence-corrected chi connectivity index (χ2v) is 4.11. The summed E-state index contributed by atoms with van der Waals surface area (Å²) in [5.41, 5.74) is 0. The predicted molar refractivity (Wildman–Crippen MR) is 53.4 cm³/mol. The molecule has 0 aliphatic rings. The zero-order valence-electron chi connectivity index (χ0n) is 7.41. The molecule has 1 N–H and O–H groups in total. The van der Waals surface area contributed by atoms with Crippen LogP contribution >= 0.6 is 11.3 Å². The lowest BCUT2D eigenvalue weighted by Crippen LogP contribution is -2.23. The number of halogens is 2. The minimum absolute atomic E-state index is 0.434. The lowest BCUT2D eigenvalue weighted by atomic mass is 10.2. The molecule has 2 rings (SSSR count). The van der Waals surface area contributed by atoms with E-state index in [1.165, 1.54) is 6.07 Å². The molecular weight excluding hydrogens is 222 g/mol. The molecule has 0 saturated carbocycles. The van der Waals surface area contributed by atoms with Gasteiger partial charge in [0.2, 0.25) is 0 Å². The summed E-state index contributed by atoms with van der Waals surface area (Å²) < 4.78 is 26.9. The summed E-state index contributed by atoms with van der Waals surface area (Å²) in [6.45, 7) is 0. The number of hydrogen-bond donors (Lipinski definition) is 1. The van der Waals surface area contributed by atoms with E-state index in [0.29, 0.717) is 10.1 Å². The highest BCUT2D eigenvalue weighted by molar-refractivity contribution is 7.19. The second kappa shape index (κ2) is 3.27. The van der Waals surface area contributed by atoms with E-state index in [1.807, 2.05) is 0 Å². The smallest absolute Gasteiger partial charge is 0.380 e. The van der Waals surface area contributed by atoms with Gasteiger partial charge in [-0.25, -0.2) is 4.79 Å². The second-order valence-electron chi connectivity index (χ2n) is 3.03. The third-order valence-corrected chi connectivity index (χ3v) is 3.19. The third-order valence-electron chi connectivity index (χ3n) is 2.00. The molecule has 78 valence electrons. The summed E-state index contributed by atoms with van der Waals surface area (Å²) in [6, 6.07) is 8.02. The average molecular weight is 228 g/mol. The number of alkyl halides is 2. The molecule has 0 spiro atoms. The van der Waals surface area contributed by atoms with Gasteiger partial charge >= 0.3 is 11.9 Å². The Kier molecular flexibility index (Phi) is 2.19. The van der Waals surface area contributed by atoms with Gasteiger partial charge in [0.15, 0.2) is 0 Å². The van der Waals surface area contributed by atoms with Gasteiger partial charge in [-0.3, -0.25) is 0 Å². The predicted octanol–water partition coefficient (Wildman–Crippen LogP) is 3.08. The molecule has 0 radical (unpaired) electrons. The Morgan fingerprint density at radius 1 is 1.33 bits per heavy atom. The van der Waals surface area contributed by atoms with Crippen molar-refractivity contribution in [1.82, 2.24) is 0 Å². The molecule has 2 nitrogen and oxygen atoms in total. The van der Waals surface area contributed by atoms with Crippen LogP contribution in [0, 0.1) is 0 Å². The normalized spacial score (nSPS) is 11.9. The summed E-state index contributed by atoms with van der Waals surface area (Å²) in [7, 11) is 0. The Morgan fingerprint density at radius 2 is 2.00 bits per heavy atom. The number of fused-ring (bicyclic) bond motifs is 1. The van der Waals surface area contributed by atoms with Crippen LogP contribution in [0.5, 0.6) is 0 Å². The highest BCUT2D eigenvalue weighted by Gasteiger charge is 2.42. The minimum atomic E-state index is -3.80. The topological polar surface area (TPSA) is 37.3 Å². The Hall–Kier alpha value is -1.49. The average Bonchev–Trinajstić information content (AvgIpc) is 2.61. The van der Waals surface area contributed by atoms with Crippen molar-refractivity contribution in [3.63, 3.8) is 0 Å². The lowest BCUT2D eigenvalue weighted by Gasteiger charge is -2.06. The van der Waals surface area contributed by atoms with Crippen LogP contribution in [-0.4, -0.2) is 11.1 Å². The van der Waals surface area contributed by atoms with Crippen molar-refractivity contribution in [3.8, 4) is 0 Å². The van der Waals surface area contributed by atoms with Crippen LogP contribution in [-0.2, 0) is 10.7 Å². The van der Waals surface area contributed by atoms with Gasteiger partial charge in [0.25, 0.3) is 0 Å². The monoisotopic (exact) mass is 228 g/mol. The molecule has 1 aromatic heterocycles. The van der Waals surface area contributed by atoms with Gasteiger partial charge in [-0.2, -0.15) is 8.78 Å². The largest absolute Gasteiger partial charge is 0.477 e. The number of hydrogen-bond acceptors (Lipinski definition) is 2. The standard InChI is InChI=1S/C10H6F2O2S/c11-10(12,9(13)14)8-5-6-3-1-2-4-7(6)15-8/h1-5H,(H,13,14). The number of carboxylic acids is 1. The number of benzene rings is 1. The first-order chi connectivity index (χ1) is 7.01. The molecule has 0 aliphatic carbocycles. The first-order valence-corrected chi connectivity index (χ1v) is 4.94. The van der Waals surface area contributed by atoms with Gasteiger partial charge < -0.3 is 5.11 Å². The highest BCUT2D eigenvalue weighted by atomic mass is 32.1. The summed E-state index contributed by atoms with van der Waals surface area (Å²) in [4.78, 5) is 9.92. The van der Waals surface area contributed by atoms with E-state index in [0.717, 1.165) is 11.3 Å². The maximum atomic E-state index is 13.1. The Morgan fingerprint density at radius 3 is 2.60 bits per heavy atom. The Labute approximate surface area is 87.8 Å². The molecule has 0 aliphatic heterocycles. The zero-order valence-corrected chi connectivity index (χ0v) is 8.22. The van der Waals surface area contributed by atoms with E-state index in [2.05, 4.69) is 0 Å². The van der Waals surface area contributed by atoms with Gasteiger partial charge in [-0.1, -0.05) is 18.2 Å². The molecule has 1 aromatic carbocycles. The van der Waals surface area contributed by atoms with Gasteiger partial charge in [0.1, 0.15) is 0 Å². The fourth-order valence-electron chi connectivity index (χ4n) is 1.24. The molecule has 0 bridgehead atoms. The van der Waals surface area contributed by atoms with Gasteiger partial charge in [0.05, 0.1) is 4.88 Å². The van der Waals surface area contributed by atoms with Crippen molar-refractivity contribution < 1.29 is 18.7 Å². The van der Waals surface area contributed by atoms with E-state index in [9.17, 15) is 13.6 Å². The Balaban J connectivity index is 2.58. The molecular formula is C10H6F2O2S. The maximum Gasteiger partial charge on any atom is 0.380 e. The Bertz CT molecular complexity index is 486. The van der Waals surface area contributed by atoms with Crippen molar-refractivity contribution in [3.05, 3.63) is 35.2 Å². The summed E-state index contributed by atoms with van der Waals surface area (Å²) in [5, 5.41) is 9.01. The first kappa shape index (κ1) is 10.0. The van der Waals surface area contributed by atoms with Gasteiger partial charge in [0, 0.05) is 4.70 Å². The number of aliphatic carboxylic acids is 1. The maximum absolute atomic E-state index is 13.1. The number of carboxylic acid groups (broad SMARTS) is 1. The van der Waals surface area contributed by atoms with Crippen LogP contribution < -0.4 is 0 Å². The molecule has 0 atom stereocenters. The van der Waals surface area contributed by atoms with Crippen molar-refractivity contribution >= 4 is 27.4 Å². The first-order valence-electron chi connectivity index (χ1n) is 4.12. The van der Waals surface area contributed by atoms with E-state index in [1.54, 1.807) is 24.3 Å². The van der Waals surface area contributed by atoms with Crippen molar-refractivity contribution in [1.29, 1.82) is 0 Å². The molecule has 15 heavy (non-hydrogen) atoms. The SMILES string of the molecule is O=C(O)C(F)(F)c1cc2ccccc2s1. The van der Waals surface area contributed by atoms with Gasteiger partial charge in [-0.05, 0) is 17.5 Å². The van der Waals surface area contributed by atoms with E-state index >= 15 is 0 Å². The van der Waals surface area contributed by atoms with Crippen LogP contribution in [0.1, 0.15) is 4.88 Å². The summed E-state index contributed by atoms with van der Waals surface area (Å²) in [6.07, 6.45) is 0. The molecule has 0 fully saturated rings. The zero-order chi connectivity index (χ0) is 11.1. The molecule has 5 heteroatoms. The number of carbonyl (C=O) groups is 1. The van der Waals surface area contributed by atoms with Crippen molar-refractivity contribution in [2.75, 3.05) is 0 Å². The fourth-order valence-corrected chi connectivity index (χ4v) is 2.27. The fraction of sp³-hybridized carbons (Fsp3) is 0.100. The van der Waals surface area contributed by atoms with Crippen LogP contribution in [0.2, 0.25) is 0 Å². The van der Waals surface area contributed by atoms with Gasteiger partial charge in [-0.15, -0.1) is 11.3 Å². The summed E-state index contributed by atoms with van der Waals surface area (Å²) in [5.74, 6) is -5.92. The van der Waals surface area contributed by atoms with Crippen LogP contribution in [0.15, 0.2) is 30.3 Å². The van der Waals surface area contributed by atoms with Crippen molar-refractivity contribution in [2.45, 2.75) is 5.92 Å². The molecule has 0 saturated heterocycles. The third kappa shape index (κ3) is 1.59. The summed E-state index contributed by atoms with van der Waals surface area (Å²) >= 11 is 0.802. The van der Waals surface area contributed by atoms with E-state index in [4.69, 9.17) is 5.11 Å². The highest BCUT2D eigenvalue weighted by Crippen LogP contribution is 2.37. The van der Waals surface area contributed by atoms with Crippen LogP contribution in [0.25, 0.3) is 10.1 Å².